The summed E-state index contributed by atoms with van der Waals surface area (Å²) in [7, 11) is -1.91. The first-order valence-corrected chi connectivity index (χ1v) is 9.80. The highest BCUT2D eigenvalue weighted by Gasteiger charge is 2.10. The van der Waals surface area contributed by atoms with E-state index in [1.807, 2.05) is 36.1 Å². The highest BCUT2D eigenvalue weighted by atomic mass is 32.2. The minimum atomic E-state index is -3.87. The topological polar surface area (TPSA) is 73.5 Å². The summed E-state index contributed by atoms with van der Waals surface area (Å²) in [4.78, 5) is 2.29. The van der Waals surface area contributed by atoms with Crippen molar-refractivity contribution >= 4 is 15.7 Å². The third-order valence-corrected chi connectivity index (χ3v) is 4.73. The molecule has 0 spiro atoms. The molecule has 1 aromatic heterocycles. The number of allylic oxidation sites excluding steroid dienone is 2. The molecule has 1 aromatic rings. The van der Waals surface area contributed by atoms with Crippen LogP contribution in [0.3, 0.4) is 0 Å². The third-order valence-electron chi connectivity index (χ3n) is 3.93. The Morgan fingerprint density at radius 3 is 2.62 bits per heavy atom. The van der Waals surface area contributed by atoms with E-state index in [0.717, 1.165) is 31.6 Å². The lowest BCUT2D eigenvalue weighted by molar-refractivity contribution is -0.696. The standard InChI is InChI=1S/C17H25N3O3S/c1-18-8-2-9-19-11-4-16(5-12-19)17-6-13-20(14-7-17)10-3-15-24(21,22)23/h4-7,11,13-14,18H,2-3,8-10,12,15H2,1H3/p+1. The monoisotopic (exact) mass is 352 g/mol. The summed E-state index contributed by atoms with van der Waals surface area (Å²) in [6, 6.07) is 4.06. The molecule has 1 aliphatic rings. The van der Waals surface area contributed by atoms with Crippen molar-refractivity contribution in [1.29, 1.82) is 0 Å². The van der Waals surface area contributed by atoms with Gasteiger partial charge < -0.3 is 10.2 Å². The first kappa shape index (κ1) is 18.6. The molecule has 0 saturated carbocycles. The molecule has 2 rings (SSSR count). The first-order chi connectivity index (χ1) is 11.5. The SMILES string of the molecule is CNCCCN1C=CC(c2cc[n+](CCCS(=O)(=O)O)cc2)=CC1. The largest absolute Gasteiger partial charge is 0.374 e. The van der Waals surface area contributed by atoms with Crippen molar-refractivity contribution in [1.82, 2.24) is 10.2 Å². The molecule has 0 fully saturated rings. The Morgan fingerprint density at radius 2 is 2.04 bits per heavy atom. The molecule has 1 aliphatic heterocycles. The fourth-order valence-corrected chi connectivity index (χ4v) is 3.09. The fraction of sp³-hybridized carbons (Fsp3) is 0.471. The smallest absolute Gasteiger partial charge is 0.265 e. The number of hydrogen-bond donors (Lipinski definition) is 2. The van der Waals surface area contributed by atoms with Gasteiger partial charge in [0.1, 0.15) is 6.54 Å². The third kappa shape index (κ3) is 6.43. The summed E-state index contributed by atoms with van der Waals surface area (Å²) in [6.45, 7) is 3.55. The van der Waals surface area contributed by atoms with Gasteiger partial charge in [0.25, 0.3) is 10.1 Å². The summed E-state index contributed by atoms with van der Waals surface area (Å²) in [5.41, 5.74) is 2.34. The van der Waals surface area contributed by atoms with Crippen LogP contribution in [0.5, 0.6) is 0 Å². The first-order valence-electron chi connectivity index (χ1n) is 8.19. The van der Waals surface area contributed by atoms with Crippen LogP contribution in [0.15, 0.2) is 42.9 Å². The Bertz CT molecular complexity index is 682. The summed E-state index contributed by atoms with van der Waals surface area (Å²) in [5.74, 6) is -0.209. The zero-order chi connectivity index (χ0) is 17.4. The molecule has 132 valence electrons. The minimum Gasteiger partial charge on any atom is -0.374 e. The Kier molecular flexibility index (Phi) is 6.96. The summed E-state index contributed by atoms with van der Waals surface area (Å²) < 4.78 is 32.1. The Labute approximate surface area is 144 Å². The molecule has 0 radical (unpaired) electrons. The second kappa shape index (κ2) is 8.96. The van der Waals surface area contributed by atoms with Crippen LogP contribution in [0.4, 0.5) is 0 Å². The summed E-state index contributed by atoms with van der Waals surface area (Å²) >= 11 is 0. The summed E-state index contributed by atoms with van der Waals surface area (Å²) in [5, 5.41) is 3.15. The van der Waals surface area contributed by atoms with Gasteiger partial charge in [-0.05, 0) is 43.4 Å². The van der Waals surface area contributed by atoms with Crippen molar-refractivity contribution in [3.63, 3.8) is 0 Å². The number of nitrogens with one attached hydrogen (secondary N) is 1. The van der Waals surface area contributed by atoms with E-state index in [-0.39, 0.29) is 5.75 Å². The van der Waals surface area contributed by atoms with Crippen LogP contribution in [-0.4, -0.2) is 50.3 Å². The molecule has 0 saturated heterocycles. The van der Waals surface area contributed by atoms with Gasteiger partial charge in [0.15, 0.2) is 12.4 Å². The Hall–Kier alpha value is -1.70. The van der Waals surface area contributed by atoms with Gasteiger partial charge in [0.2, 0.25) is 0 Å². The fourth-order valence-electron chi connectivity index (χ4n) is 2.60. The maximum atomic E-state index is 10.7. The molecule has 6 nitrogen and oxygen atoms in total. The highest BCUT2D eigenvalue weighted by Crippen LogP contribution is 2.18. The number of nitrogens with zero attached hydrogens (tertiary/aromatic N) is 2. The maximum Gasteiger partial charge on any atom is 0.265 e. The Morgan fingerprint density at radius 1 is 1.29 bits per heavy atom. The van der Waals surface area contributed by atoms with E-state index in [1.165, 1.54) is 5.57 Å². The lowest BCUT2D eigenvalue weighted by Gasteiger charge is -2.22. The van der Waals surface area contributed by atoms with Gasteiger partial charge in [-0.25, -0.2) is 4.57 Å². The molecule has 2 N–H and O–H groups in total. The summed E-state index contributed by atoms with van der Waals surface area (Å²) in [6.07, 6.45) is 11.9. The van der Waals surface area contributed by atoms with E-state index in [9.17, 15) is 8.42 Å². The minimum absolute atomic E-state index is 0.209. The molecule has 2 heterocycles. The molecule has 0 aliphatic carbocycles. The van der Waals surface area contributed by atoms with Crippen LogP contribution >= 0.6 is 0 Å². The number of aromatic nitrogens is 1. The van der Waals surface area contributed by atoms with Crippen molar-refractivity contribution in [3.05, 3.63) is 48.4 Å². The van der Waals surface area contributed by atoms with Crippen LogP contribution < -0.4 is 9.88 Å². The number of aryl methyl sites for hydroxylation is 1. The van der Waals surface area contributed by atoms with Gasteiger partial charge in [0, 0.05) is 31.6 Å². The molecule has 7 heteroatoms. The van der Waals surface area contributed by atoms with Gasteiger partial charge in [-0.15, -0.1) is 0 Å². The zero-order valence-electron chi connectivity index (χ0n) is 14.1. The molecule has 0 unspecified atom stereocenters. The van der Waals surface area contributed by atoms with Crippen LogP contribution in [0.1, 0.15) is 18.4 Å². The van der Waals surface area contributed by atoms with Gasteiger partial charge >= 0.3 is 0 Å². The van der Waals surface area contributed by atoms with Crippen molar-refractivity contribution in [2.45, 2.75) is 19.4 Å². The van der Waals surface area contributed by atoms with E-state index < -0.39 is 10.1 Å². The molecular weight excluding hydrogens is 326 g/mol. The van der Waals surface area contributed by atoms with E-state index in [4.69, 9.17) is 4.55 Å². The van der Waals surface area contributed by atoms with Crippen LogP contribution in [0.25, 0.3) is 5.57 Å². The zero-order valence-corrected chi connectivity index (χ0v) is 14.9. The lowest BCUT2D eigenvalue weighted by Crippen LogP contribution is -2.33. The predicted octanol–water partition coefficient (Wildman–Crippen LogP) is 1.07. The average Bonchev–Trinajstić information content (AvgIpc) is 2.55. The van der Waals surface area contributed by atoms with Gasteiger partial charge in [-0.1, -0.05) is 6.08 Å². The average molecular weight is 352 g/mol. The van der Waals surface area contributed by atoms with E-state index in [0.29, 0.717) is 13.0 Å². The van der Waals surface area contributed by atoms with E-state index >= 15 is 0 Å². The second-order valence-corrected chi connectivity index (χ2v) is 7.46. The highest BCUT2D eigenvalue weighted by molar-refractivity contribution is 7.85. The van der Waals surface area contributed by atoms with Crippen LogP contribution in [0.2, 0.25) is 0 Å². The van der Waals surface area contributed by atoms with Crippen molar-refractivity contribution in [3.8, 4) is 0 Å². The number of rotatable bonds is 9. The molecule has 0 amide bonds. The van der Waals surface area contributed by atoms with Gasteiger partial charge in [0.05, 0.1) is 5.75 Å². The molecule has 24 heavy (non-hydrogen) atoms. The Balaban J connectivity index is 1.84. The van der Waals surface area contributed by atoms with Crippen molar-refractivity contribution in [2.24, 2.45) is 0 Å². The molecular formula is C17H26N3O3S+. The van der Waals surface area contributed by atoms with Gasteiger partial charge in [-0.3, -0.25) is 4.55 Å². The number of hydrogen-bond acceptors (Lipinski definition) is 4. The van der Waals surface area contributed by atoms with Crippen molar-refractivity contribution < 1.29 is 17.5 Å². The van der Waals surface area contributed by atoms with Crippen LogP contribution in [-0.2, 0) is 16.7 Å². The molecule has 0 atom stereocenters. The normalized spacial score (nSPS) is 14.8. The van der Waals surface area contributed by atoms with E-state index in [1.54, 1.807) is 0 Å². The van der Waals surface area contributed by atoms with Gasteiger partial charge in [-0.2, -0.15) is 8.42 Å². The predicted molar refractivity (Wildman–Crippen MR) is 94.9 cm³/mol. The van der Waals surface area contributed by atoms with Crippen LogP contribution in [0, 0.1) is 0 Å². The second-order valence-electron chi connectivity index (χ2n) is 5.89. The molecule has 0 bridgehead atoms. The van der Waals surface area contributed by atoms with Crippen molar-refractivity contribution in [2.75, 3.05) is 32.4 Å². The number of pyridine rings is 1. The lowest BCUT2D eigenvalue weighted by atomic mass is 10.1. The van der Waals surface area contributed by atoms with E-state index in [2.05, 4.69) is 28.6 Å². The molecule has 0 aromatic carbocycles. The maximum absolute atomic E-state index is 10.7. The quantitative estimate of drug-likeness (QED) is 0.395.